The lowest BCUT2D eigenvalue weighted by atomic mass is 10.2. The molecule has 0 saturated carbocycles. The Balaban J connectivity index is 1.78. The summed E-state index contributed by atoms with van der Waals surface area (Å²) in [6.07, 6.45) is 0.967. The molecule has 0 fully saturated rings. The highest BCUT2D eigenvalue weighted by molar-refractivity contribution is 7.92. The summed E-state index contributed by atoms with van der Waals surface area (Å²) in [6, 6.07) is 15.1. The maximum atomic E-state index is 12.9. The number of aryl methyl sites for hydroxylation is 1. The van der Waals surface area contributed by atoms with E-state index >= 15 is 0 Å². The second kappa shape index (κ2) is 11.6. The van der Waals surface area contributed by atoms with Gasteiger partial charge in [-0.15, -0.1) is 0 Å². The van der Waals surface area contributed by atoms with E-state index in [4.69, 9.17) is 14.2 Å². The van der Waals surface area contributed by atoms with Gasteiger partial charge in [0.15, 0.2) is 0 Å². The van der Waals surface area contributed by atoms with Crippen LogP contribution in [-0.4, -0.2) is 56.9 Å². The number of methoxy groups -OCH3 is 3. The van der Waals surface area contributed by atoms with Crippen LogP contribution < -0.4 is 28.6 Å². The molecule has 0 bridgehead atoms. The molecule has 3 aromatic carbocycles. The van der Waals surface area contributed by atoms with Gasteiger partial charge in [0.2, 0.25) is 15.9 Å². The number of hydrogen-bond donors (Lipinski definition) is 2. The van der Waals surface area contributed by atoms with Crippen molar-refractivity contribution in [2.75, 3.05) is 48.5 Å². The Morgan fingerprint density at radius 1 is 0.842 bits per heavy atom. The Morgan fingerprint density at radius 3 is 2.05 bits per heavy atom. The predicted molar refractivity (Wildman–Crippen MR) is 145 cm³/mol. The van der Waals surface area contributed by atoms with Crippen molar-refractivity contribution in [2.24, 2.45) is 0 Å². The molecule has 0 heterocycles. The van der Waals surface area contributed by atoms with Gasteiger partial charge in [-0.05, 0) is 61.0 Å². The van der Waals surface area contributed by atoms with Gasteiger partial charge >= 0.3 is 0 Å². The fourth-order valence-corrected chi connectivity index (χ4v) is 5.44. The third-order valence-corrected chi connectivity index (χ3v) is 7.90. The van der Waals surface area contributed by atoms with Gasteiger partial charge in [-0.3, -0.25) is 13.8 Å². The van der Waals surface area contributed by atoms with E-state index in [9.17, 15) is 21.6 Å². The average Bonchev–Trinajstić information content (AvgIpc) is 2.86. The third-order valence-electron chi connectivity index (χ3n) is 5.39. The third kappa shape index (κ3) is 6.86. The van der Waals surface area contributed by atoms with Gasteiger partial charge in [0.05, 0.1) is 43.9 Å². The second-order valence-electron chi connectivity index (χ2n) is 8.19. The molecular formula is C25H29N3O8S2. The van der Waals surface area contributed by atoms with Crippen LogP contribution in [0.3, 0.4) is 0 Å². The zero-order chi connectivity index (χ0) is 28.1. The van der Waals surface area contributed by atoms with Crippen LogP contribution in [0.25, 0.3) is 0 Å². The van der Waals surface area contributed by atoms with Crippen LogP contribution in [0.15, 0.2) is 65.6 Å². The lowest BCUT2D eigenvalue weighted by molar-refractivity contribution is -0.114. The Hall–Kier alpha value is -3.97. The summed E-state index contributed by atoms with van der Waals surface area (Å²) in [6.45, 7) is 1.26. The maximum absolute atomic E-state index is 12.9. The molecule has 0 aliphatic heterocycles. The fraction of sp³-hybridized carbons (Fsp3) is 0.240. The monoisotopic (exact) mass is 563 g/mol. The predicted octanol–water partition coefficient (Wildman–Crippen LogP) is 3.23. The second-order valence-corrected chi connectivity index (χ2v) is 11.8. The minimum atomic E-state index is -3.95. The number of rotatable bonds is 11. The molecule has 38 heavy (non-hydrogen) atoms. The van der Waals surface area contributed by atoms with E-state index in [0.717, 1.165) is 16.1 Å². The van der Waals surface area contributed by atoms with E-state index in [-0.39, 0.29) is 22.0 Å². The minimum Gasteiger partial charge on any atom is -0.497 e. The van der Waals surface area contributed by atoms with Crippen molar-refractivity contribution >= 4 is 43.0 Å². The van der Waals surface area contributed by atoms with Crippen LogP contribution in [0.2, 0.25) is 0 Å². The van der Waals surface area contributed by atoms with Crippen molar-refractivity contribution in [3.8, 4) is 17.2 Å². The highest BCUT2D eigenvalue weighted by Gasteiger charge is 2.25. The van der Waals surface area contributed by atoms with Gasteiger partial charge < -0.3 is 19.5 Å². The maximum Gasteiger partial charge on any atom is 0.262 e. The zero-order valence-electron chi connectivity index (χ0n) is 21.5. The number of carbonyl (C=O) groups excluding carboxylic acids is 1. The topological polar surface area (TPSA) is 140 Å². The summed E-state index contributed by atoms with van der Waals surface area (Å²) in [7, 11) is -3.59. The molecule has 3 aromatic rings. The summed E-state index contributed by atoms with van der Waals surface area (Å²) in [4.78, 5) is 12.7. The molecule has 11 nitrogen and oxygen atoms in total. The number of benzene rings is 3. The summed E-state index contributed by atoms with van der Waals surface area (Å²) < 4.78 is 69.9. The first-order chi connectivity index (χ1) is 17.9. The number of nitrogens with one attached hydrogen (secondary N) is 2. The van der Waals surface area contributed by atoms with Gasteiger partial charge in [0.25, 0.3) is 10.0 Å². The lowest BCUT2D eigenvalue weighted by Crippen LogP contribution is -2.37. The van der Waals surface area contributed by atoms with Crippen LogP contribution in [0.1, 0.15) is 5.56 Å². The van der Waals surface area contributed by atoms with Gasteiger partial charge in [-0.2, -0.15) is 0 Å². The SMILES string of the molecule is COc1ccc(OC)c(N(CC(=O)Nc2ccc(S(=O)(=O)Nc3cc(C)ccc3OC)cc2)S(C)(=O)=O)c1. The summed E-state index contributed by atoms with van der Waals surface area (Å²) in [5.74, 6) is 0.324. The van der Waals surface area contributed by atoms with Crippen LogP contribution in [0.4, 0.5) is 17.1 Å². The highest BCUT2D eigenvalue weighted by atomic mass is 32.2. The molecular weight excluding hydrogens is 534 g/mol. The summed E-state index contributed by atoms with van der Waals surface area (Å²) in [5.41, 5.74) is 1.53. The minimum absolute atomic E-state index is 0.0436. The molecule has 3 rings (SSSR count). The first-order valence-corrected chi connectivity index (χ1v) is 14.5. The van der Waals surface area contributed by atoms with Crippen molar-refractivity contribution in [1.29, 1.82) is 0 Å². The molecule has 13 heteroatoms. The van der Waals surface area contributed by atoms with Crippen molar-refractivity contribution in [1.82, 2.24) is 0 Å². The van der Waals surface area contributed by atoms with Gasteiger partial charge in [-0.25, -0.2) is 16.8 Å². The van der Waals surface area contributed by atoms with E-state index in [2.05, 4.69) is 10.0 Å². The first kappa shape index (κ1) is 28.6. The summed E-state index contributed by atoms with van der Waals surface area (Å²) in [5, 5.41) is 2.58. The van der Waals surface area contributed by atoms with E-state index in [1.165, 1.54) is 57.7 Å². The van der Waals surface area contributed by atoms with Gasteiger partial charge in [-0.1, -0.05) is 6.07 Å². The van der Waals surface area contributed by atoms with E-state index in [0.29, 0.717) is 17.2 Å². The van der Waals surface area contributed by atoms with Crippen LogP contribution in [-0.2, 0) is 24.8 Å². The van der Waals surface area contributed by atoms with E-state index in [1.54, 1.807) is 24.3 Å². The molecule has 0 aliphatic rings. The molecule has 1 amide bonds. The van der Waals surface area contributed by atoms with Crippen molar-refractivity contribution < 1.29 is 35.8 Å². The number of sulfonamides is 2. The number of amides is 1. The zero-order valence-corrected chi connectivity index (χ0v) is 23.1. The van der Waals surface area contributed by atoms with Crippen molar-refractivity contribution in [2.45, 2.75) is 11.8 Å². The molecule has 0 spiro atoms. The Bertz CT molecular complexity index is 1520. The van der Waals surface area contributed by atoms with E-state index in [1.807, 2.05) is 6.92 Å². The van der Waals surface area contributed by atoms with Crippen molar-refractivity contribution in [3.05, 3.63) is 66.2 Å². The molecule has 0 atom stereocenters. The van der Waals surface area contributed by atoms with E-state index < -0.39 is 32.5 Å². The van der Waals surface area contributed by atoms with Crippen LogP contribution in [0.5, 0.6) is 17.2 Å². The smallest absolute Gasteiger partial charge is 0.262 e. The molecule has 0 saturated heterocycles. The standard InChI is InChI=1S/C25H29N3O8S2/c1-17-6-12-23(35-3)21(14-17)27-38(32,33)20-10-7-18(8-11-20)26-25(29)16-28(37(5,30)31)22-15-19(34-2)9-13-24(22)36-4/h6-15,27H,16H2,1-5H3,(H,26,29). The lowest BCUT2D eigenvalue weighted by Gasteiger charge is -2.24. The normalized spacial score (nSPS) is 11.4. The summed E-state index contributed by atoms with van der Waals surface area (Å²) >= 11 is 0. The molecule has 2 N–H and O–H groups in total. The van der Waals surface area contributed by atoms with Crippen molar-refractivity contribution in [3.63, 3.8) is 0 Å². The largest absolute Gasteiger partial charge is 0.497 e. The molecule has 0 aromatic heterocycles. The fourth-order valence-electron chi connectivity index (χ4n) is 3.53. The molecule has 0 aliphatic carbocycles. The number of ether oxygens (including phenoxy) is 3. The molecule has 0 unspecified atom stereocenters. The first-order valence-electron chi connectivity index (χ1n) is 11.1. The number of nitrogens with zero attached hydrogens (tertiary/aromatic N) is 1. The number of carbonyl (C=O) groups is 1. The molecule has 204 valence electrons. The average molecular weight is 564 g/mol. The van der Waals surface area contributed by atoms with Gasteiger partial charge in [0.1, 0.15) is 23.8 Å². The Kier molecular flexibility index (Phi) is 8.74. The Labute approximate surface area is 222 Å². The highest BCUT2D eigenvalue weighted by Crippen LogP contribution is 2.34. The molecule has 0 radical (unpaired) electrons. The van der Waals surface area contributed by atoms with Crippen LogP contribution in [0, 0.1) is 6.92 Å². The number of anilines is 3. The van der Waals surface area contributed by atoms with Gasteiger partial charge in [0, 0.05) is 11.8 Å². The quantitative estimate of drug-likeness (QED) is 0.362. The Morgan fingerprint density at radius 2 is 1.47 bits per heavy atom. The van der Waals surface area contributed by atoms with Crippen LogP contribution >= 0.6 is 0 Å². The number of hydrogen-bond acceptors (Lipinski definition) is 8.